The van der Waals surface area contributed by atoms with Gasteiger partial charge in [-0.15, -0.1) is 0 Å². The van der Waals surface area contributed by atoms with Crippen LogP contribution in [-0.2, 0) is 77.5 Å². The van der Waals surface area contributed by atoms with Crippen LogP contribution in [0.1, 0.15) is 102 Å². The largest absolute Gasteiger partial charge is 0.480 e. The number of pyridine rings is 4. The molecule has 0 radical (unpaired) electrons. The number of ketones is 3. The summed E-state index contributed by atoms with van der Waals surface area (Å²) in [6.07, 6.45) is -5.73. The molecule has 10 rings (SSSR count). The van der Waals surface area contributed by atoms with E-state index in [1.807, 2.05) is 203 Å². The number of carbonyl (C=O) groups is 9. The molecular weight excluding hydrogens is 1600 g/mol. The lowest BCUT2D eigenvalue weighted by Gasteiger charge is -2.19. The number of halogens is 3. The van der Waals surface area contributed by atoms with Gasteiger partial charge in [0, 0.05) is 74.5 Å². The third-order valence-electron chi connectivity index (χ3n) is 14.6. The van der Waals surface area contributed by atoms with Crippen molar-refractivity contribution in [1.29, 1.82) is 0 Å². The quantitative estimate of drug-likeness (QED) is 0.0292. The number of alkyl halides is 3. The molecule has 0 aliphatic heterocycles. The number of alkyl carbamates (subject to hydrolysis) is 1. The summed E-state index contributed by atoms with van der Waals surface area (Å²) in [4.78, 5) is 115. The zero-order valence-electron chi connectivity index (χ0n) is 69.3. The van der Waals surface area contributed by atoms with E-state index < -0.39 is 68.6 Å². The molecule has 121 heavy (non-hydrogen) atoms. The molecule has 0 spiro atoms. The van der Waals surface area contributed by atoms with Gasteiger partial charge in [-0.05, 0) is 126 Å². The maximum atomic E-state index is 12.4. The van der Waals surface area contributed by atoms with E-state index in [0.29, 0.717) is 37.7 Å². The van der Waals surface area contributed by atoms with Crippen LogP contribution in [-0.4, -0.2) is 181 Å². The van der Waals surface area contributed by atoms with Crippen LogP contribution in [0.25, 0.3) is 45.0 Å². The fourth-order valence-electron chi connectivity index (χ4n) is 8.97. The Bertz CT molecular complexity index is 5050. The van der Waals surface area contributed by atoms with Gasteiger partial charge in [0.25, 0.3) is 12.4 Å². The van der Waals surface area contributed by atoms with Gasteiger partial charge in [-0.2, -0.15) is 13.2 Å². The number of rotatable bonds is 23. The topological polar surface area (TPSA) is 441 Å². The highest BCUT2D eigenvalue weighted by molar-refractivity contribution is 7.89. The minimum absolute atomic E-state index is 0. The second-order valence-electron chi connectivity index (χ2n) is 26.9. The number of anilines is 1. The van der Waals surface area contributed by atoms with Gasteiger partial charge in [0.15, 0.2) is 17.3 Å². The number of benzene rings is 6. The van der Waals surface area contributed by atoms with Crippen molar-refractivity contribution in [3.8, 4) is 45.0 Å². The van der Waals surface area contributed by atoms with Crippen molar-refractivity contribution in [2.75, 3.05) is 60.1 Å². The minimum atomic E-state index is -4.64. The lowest BCUT2D eigenvalue weighted by molar-refractivity contribution is -0.156. The van der Waals surface area contributed by atoms with Crippen LogP contribution in [0.15, 0.2) is 252 Å². The van der Waals surface area contributed by atoms with E-state index in [9.17, 15) is 68.4 Å². The Labute approximate surface area is 706 Å². The number of sulfonamides is 2. The third kappa shape index (κ3) is 43.4. The maximum Gasteiger partial charge on any atom is 0.446 e. The molecule has 0 atom stereocenters. The van der Waals surface area contributed by atoms with Crippen LogP contribution in [0.5, 0.6) is 0 Å². The number of carboxylic acid groups (broad SMARTS) is 2. The average molecular weight is 1710 g/mol. The first-order valence-corrected chi connectivity index (χ1v) is 39.3. The number of aromatic nitrogens is 4. The average Bonchev–Trinajstić information content (AvgIpc) is 0.829. The molecule has 6 aromatic carbocycles. The first-order chi connectivity index (χ1) is 56.9. The molecule has 0 aliphatic carbocycles. The fourth-order valence-corrected chi connectivity index (χ4v) is 10.9. The normalized spacial score (nSPS) is 10.6. The number of hydrogen-bond acceptors (Lipinski definition) is 22. The summed E-state index contributed by atoms with van der Waals surface area (Å²) in [5.74, 6) is -2.41. The van der Waals surface area contributed by atoms with Crippen LogP contribution in [0.2, 0.25) is 0 Å². The fraction of sp³-hybridized carbons (Fsp3) is 0.261. The van der Waals surface area contributed by atoms with Gasteiger partial charge in [0.05, 0.1) is 77.0 Å². The Balaban J connectivity index is 0.000000724. The Morgan fingerprint density at radius 2 is 0.793 bits per heavy atom. The summed E-state index contributed by atoms with van der Waals surface area (Å²) in [5.41, 5.74) is 25.1. The van der Waals surface area contributed by atoms with E-state index in [2.05, 4.69) is 35.3 Å². The first-order valence-electron chi connectivity index (χ1n) is 37.1. The molecule has 0 unspecified atom stereocenters. The van der Waals surface area contributed by atoms with Crippen molar-refractivity contribution in [2.45, 2.75) is 109 Å². The third-order valence-corrected chi connectivity index (χ3v) is 18.2. The molecule has 0 aliphatic rings. The van der Waals surface area contributed by atoms with Crippen molar-refractivity contribution >= 4 is 79.9 Å². The van der Waals surface area contributed by atoms with Gasteiger partial charge in [0.2, 0.25) is 26.3 Å². The number of nitrogens with zero attached hydrogens (tertiary/aromatic N) is 6. The summed E-state index contributed by atoms with van der Waals surface area (Å²) in [5, 5.41) is 21.5. The number of ether oxygens (including phenoxy) is 2. The van der Waals surface area contributed by atoms with Gasteiger partial charge in [-0.3, -0.25) is 48.5 Å². The van der Waals surface area contributed by atoms with Crippen molar-refractivity contribution in [1.82, 2.24) is 39.2 Å². The molecule has 648 valence electrons. The number of amides is 2. The van der Waals surface area contributed by atoms with Crippen molar-refractivity contribution < 1.29 is 94.2 Å². The summed E-state index contributed by atoms with van der Waals surface area (Å²) in [7, 11) is -1.60. The lowest BCUT2D eigenvalue weighted by atomic mass is 10.1. The molecule has 0 fully saturated rings. The van der Waals surface area contributed by atoms with E-state index in [0.717, 1.165) is 71.1 Å². The van der Waals surface area contributed by atoms with Gasteiger partial charge < -0.3 is 47.5 Å². The number of nitrogen functional groups attached to an aromatic ring is 1. The molecule has 0 saturated heterocycles. The smallest absolute Gasteiger partial charge is 0.446 e. The Hall–Kier alpha value is -12.9. The van der Waals surface area contributed by atoms with Gasteiger partial charge in [-0.25, -0.2) is 40.0 Å². The first kappa shape index (κ1) is 104. The van der Waals surface area contributed by atoms with Gasteiger partial charge in [0.1, 0.15) is 23.6 Å². The van der Waals surface area contributed by atoms with Crippen LogP contribution >= 0.6 is 0 Å². The monoisotopic (exact) mass is 1710 g/mol. The van der Waals surface area contributed by atoms with Crippen LogP contribution in [0, 0.1) is 0 Å². The Kier molecular flexibility index (Phi) is 46.7. The molecule has 33 heteroatoms. The molecule has 28 nitrogen and oxygen atoms in total. The maximum absolute atomic E-state index is 12.4. The molecule has 4 heterocycles. The van der Waals surface area contributed by atoms with Crippen LogP contribution in [0.3, 0.4) is 0 Å². The van der Waals surface area contributed by atoms with Crippen molar-refractivity contribution in [3.05, 3.63) is 271 Å². The summed E-state index contributed by atoms with van der Waals surface area (Å²) < 4.78 is 96.6. The Morgan fingerprint density at radius 3 is 1.08 bits per heavy atom. The number of aliphatic carboxylic acids is 1. The number of hydrogen-bond donors (Lipinski definition) is 7. The molecule has 10 aromatic rings. The highest BCUT2D eigenvalue weighted by Gasteiger charge is 2.25. The molecule has 4 aromatic heterocycles. The zero-order valence-corrected chi connectivity index (χ0v) is 69.9. The number of nitrogens with one attached hydrogen (secondary N) is 2. The number of nitrogens with two attached hydrogens (primary N) is 3. The minimum Gasteiger partial charge on any atom is -0.480 e. The van der Waals surface area contributed by atoms with E-state index in [1.54, 1.807) is 39.8 Å². The van der Waals surface area contributed by atoms with Crippen LogP contribution in [0.4, 0.5) is 23.8 Å². The number of carbonyl (C=O) groups excluding carboxylic acids is 7. The highest BCUT2D eigenvalue weighted by Crippen LogP contribution is 2.22. The Morgan fingerprint density at radius 1 is 0.471 bits per heavy atom. The molecular formula is C88H106F3N11O17S2. The number of carboxylic acids is 2. The number of Topliss-reactive ketones (excluding diaryl/α,β-unsaturated/α-hetero) is 3. The van der Waals surface area contributed by atoms with Gasteiger partial charge in [-0.1, -0.05) is 179 Å². The SMILES string of the molecule is C.CC(C)(C)OC(=O)NCC(=O)O.CC(C)(C)OC=O.CN(C)S(=O)(=O)c1cccc(C(=O)NCC(=O)Cc2cccc(-c3ccccc3)n2)c1.CN(C)S(=O)(=O)c1cccc(C(=O)O)c1.NCC(=O)Cc1cccc(-c2ccccc2)n1.NCC(=O)Cc1cccc(-c2ccccc2)n1.Nc1cccc(-c2ccccc2)n1.O=CC(F)(F)F.[2H]CC. The second-order valence-corrected chi connectivity index (χ2v) is 31.2. The summed E-state index contributed by atoms with van der Waals surface area (Å²) in [6.45, 7) is 12.8. The summed E-state index contributed by atoms with van der Waals surface area (Å²) in [6, 6.07) is 72.9. The molecule has 0 saturated carbocycles. The van der Waals surface area contributed by atoms with E-state index in [1.165, 1.54) is 70.7 Å². The standard InChI is InChI=1S/C23H23N3O4S.2C14H14N2O.C11H10N2.C9H11NO4S.C7H13NO4.C5H10O2.C2HF3O.C2H6.CH4/c1-26(2)31(29,30)21-12-6-10-18(14-21)23(28)24-16-20(27)15-19-11-7-13-22(25-19)17-8-4-3-5-9-17;2*15-10-13(17)9-12-7-4-8-14(16-12)11-5-2-1-3-6-11;12-11-8-4-7-10(13-11)9-5-2-1-3-6-9;1-10(2)15(13,14)8-5-3-4-7(6-8)9(11)12;1-7(2,3)12-6(11)8-4-5(9)10;1-5(2,3)7-4-6;3-2(4,5)1-6;1-2;/h3-14H,15-16H2,1-2H3,(H,24,28);2*1-8H,9-10,15H2;1-8H,(H2,12,13);3-6H,1-2H3,(H,11,12);4H2,1-3H3,(H,8,11)(H,9,10);4H,1-3H3;1H;1-2H3;1H4/i;;;;;;;;1D;. The number of aldehydes is 1. The van der Waals surface area contributed by atoms with Crippen molar-refractivity contribution in [2.24, 2.45) is 11.5 Å². The predicted molar refractivity (Wildman–Crippen MR) is 460 cm³/mol. The highest BCUT2D eigenvalue weighted by atomic mass is 32.2. The van der Waals surface area contributed by atoms with E-state index in [4.69, 9.17) is 38.3 Å². The molecule has 0 bridgehead atoms. The lowest BCUT2D eigenvalue weighted by Crippen LogP contribution is -2.35. The van der Waals surface area contributed by atoms with Crippen LogP contribution < -0.4 is 27.8 Å². The van der Waals surface area contributed by atoms with E-state index >= 15 is 0 Å². The van der Waals surface area contributed by atoms with Crippen molar-refractivity contribution in [3.63, 3.8) is 0 Å². The van der Waals surface area contributed by atoms with E-state index in [-0.39, 0.29) is 77.4 Å². The molecule has 10 N–H and O–H groups in total. The van der Waals surface area contributed by atoms with Gasteiger partial charge >= 0.3 is 24.2 Å². The molecule has 2 amide bonds. The number of aromatic carboxylic acids is 1. The summed E-state index contributed by atoms with van der Waals surface area (Å²) >= 11 is 0. The zero-order chi connectivity index (χ0) is 90.9. The second kappa shape index (κ2) is 54.2. The predicted octanol–water partition coefficient (Wildman–Crippen LogP) is 13.1.